The summed E-state index contributed by atoms with van der Waals surface area (Å²) in [7, 11) is 0. The van der Waals surface area contributed by atoms with Crippen LogP contribution in [0, 0.1) is 11.8 Å². The summed E-state index contributed by atoms with van der Waals surface area (Å²) in [6, 6.07) is 0.00598. The molecule has 0 unspecified atom stereocenters. The van der Waals surface area contributed by atoms with E-state index in [4.69, 9.17) is 0 Å². The molecule has 3 fully saturated rings. The minimum Gasteiger partial charge on any atom is -0.348 e. The first-order valence-electron chi connectivity index (χ1n) is 9.60. The summed E-state index contributed by atoms with van der Waals surface area (Å²) >= 11 is 0. The van der Waals surface area contributed by atoms with E-state index in [0.717, 1.165) is 32.1 Å². The molecule has 1 aliphatic heterocycles. The fourth-order valence-electron chi connectivity index (χ4n) is 4.72. The van der Waals surface area contributed by atoms with E-state index in [1.807, 2.05) is 4.90 Å². The molecular weight excluding hydrogens is 332 g/mol. The van der Waals surface area contributed by atoms with Gasteiger partial charge in [-0.05, 0) is 48.1 Å². The summed E-state index contributed by atoms with van der Waals surface area (Å²) in [5.74, 6) is 0.879. The Bertz CT molecular complexity index is 678. The molecule has 140 valence electrons. The van der Waals surface area contributed by atoms with Crippen LogP contribution in [0.15, 0.2) is 19.0 Å². The first-order chi connectivity index (χ1) is 12.6. The Labute approximate surface area is 153 Å². The molecule has 2 aliphatic carbocycles. The zero-order chi connectivity index (χ0) is 18.1. The van der Waals surface area contributed by atoms with Crippen molar-refractivity contribution in [3.63, 3.8) is 0 Å². The highest BCUT2D eigenvalue weighted by Gasteiger charge is 2.50. The summed E-state index contributed by atoms with van der Waals surface area (Å²) in [5.41, 5.74) is -0.673. The van der Waals surface area contributed by atoms with Crippen molar-refractivity contribution in [2.75, 3.05) is 13.1 Å². The SMILES string of the molecule is C=CC(=O)N[C@@H]1CN(C(=O)C2(n3cnnn3)CCCCC2)C[C@H]1C1CC1. The number of amides is 2. The third-order valence-corrected chi connectivity index (χ3v) is 6.26. The third-order valence-electron chi connectivity index (χ3n) is 6.26. The second-order valence-corrected chi connectivity index (χ2v) is 7.88. The zero-order valence-corrected chi connectivity index (χ0v) is 15.0. The number of carbonyl (C=O) groups excluding carboxylic acids is 2. The van der Waals surface area contributed by atoms with Gasteiger partial charge in [0.2, 0.25) is 5.91 Å². The number of carbonyl (C=O) groups is 2. The van der Waals surface area contributed by atoms with E-state index in [-0.39, 0.29) is 17.9 Å². The van der Waals surface area contributed by atoms with E-state index < -0.39 is 5.54 Å². The topological polar surface area (TPSA) is 93.0 Å². The minimum absolute atomic E-state index is 0.00598. The zero-order valence-electron chi connectivity index (χ0n) is 15.0. The maximum absolute atomic E-state index is 13.6. The Morgan fingerprint density at radius 3 is 2.58 bits per heavy atom. The molecule has 3 aliphatic rings. The molecule has 2 amide bonds. The lowest BCUT2D eigenvalue weighted by molar-refractivity contribution is -0.142. The molecule has 26 heavy (non-hydrogen) atoms. The van der Waals surface area contributed by atoms with Crippen molar-refractivity contribution in [2.24, 2.45) is 11.8 Å². The van der Waals surface area contributed by atoms with E-state index in [1.165, 1.54) is 18.9 Å². The maximum atomic E-state index is 13.6. The molecule has 2 heterocycles. The predicted molar refractivity (Wildman–Crippen MR) is 93.8 cm³/mol. The highest BCUT2D eigenvalue weighted by molar-refractivity contribution is 5.88. The third kappa shape index (κ3) is 3.01. The van der Waals surface area contributed by atoms with Crippen molar-refractivity contribution < 1.29 is 9.59 Å². The first kappa shape index (κ1) is 17.2. The van der Waals surface area contributed by atoms with Crippen LogP contribution < -0.4 is 5.32 Å². The molecule has 8 heteroatoms. The van der Waals surface area contributed by atoms with Crippen LogP contribution in [0.4, 0.5) is 0 Å². The van der Waals surface area contributed by atoms with Crippen LogP contribution in [0.1, 0.15) is 44.9 Å². The van der Waals surface area contributed by atoms with Gasteiger partial charge in [-0.15, -0.1) is 5.10 Å². The van der Waals surface area contributed by atoms with E-state index in [0.29, 0.717) is 24.9 Å². The Balaban J connectivity index is 1.56. The molecule has 4 rings (SSSR count). The summed E-state index contributed by atoms with van der Waals surface area (Å²) in [4.78, 5) is 27.3. The number of hydrogen-bond donors (Lipinski definition) is 1. The average molecular weight is 358 g/mol. The van der Waals surface area contributed by atoms with Crippen molar-refractivity contribution in [3.8, 4) is 0 Å². The lowest BCUT2D eigenvalue weighted by atomic mass is 9.80. The van der Waals surface area contributed by atoms with E-state index >= 15 is 0 Å². The molecule has 2 atom stereocenters. The van der Waals surface area contributed by atoms with Crippen molar-refractivity contribution in [2.45, 2.75) is 56.5 Å². The van der Waals surface area contributed by atoms with Gasteiger partial charge in [0.1, 0.15) is 11.9 Å². The minimum atomic E-state index is -0.673. The number of nitrogens with zero attached hydrogens (tertiary/aromatic N) is 5. The Morgan fingerprint density at radius 2 is 1.96 bits per heavy atom. The van der Waals surface area contributed by atoms with Crippen molar-refractivity contribution in [3.05, 3.63) is 19.0 Å². The van der Waals surface area contributed by atoms with Crippen LogP contribution in [0.25, 0.3) is 0 Å². The number of nitrogens with one attached hydrogen (secondary N) is 1. The first-order valence-corrected chi connectivity index (χ1v) is 9.60. The Hall–Kier alpha value is -2.25. The van der Waals surface area contributed by atoms with Gasteiger partial charge in [-0.2, -0.15) is 0 Å². The lowest BCUT2D eigenvalue weighted by Crippen LogP contribution is -2.52. The standard InChI is InChI=1S/C18H26N6O2/c1-2-16(25)20-15-11-23(10-14(15)13-6-7-13)17(26)18(8-4-3-5-9-18)24-12-19-21-22-24/h2,12-15H,1,3-11H2,(H,20,25)/t14-,15+/m0/s1. The molecule has 1 aromatic rings. The number of hydrogen-bond acceptors (Lipinski definition) is 5. The number of likely N-dealkylation sites (tertiary alicyclic amines) is 1. The number of aromatic nitrogens is 4. The second-order valence-electron chi connectivity index (χ2n) is 7.88. The van der Waals surface area contributed by atoms with Gasteiger partial charge in [0.15, 0.2) is 0 Å². The molecular formula is C18H26N6O2. The van der Waals surface area contributed by atoms with Crippen LogP contribution in [-0.4, -0.2) is 56.1 Å². The molecule has 2 saturated carbocycles. The van der Waals surface area contributed by atoms with Gasteiger partial charge < -0.3 is 10.2 Å². The average Bonchev–Trinajstić information content (AvgIpc) is 3.19. The summed E-state index contributed by atoms with van der Waals surface area (Å²) in [6.45, 7) is 4.81. The van der Waals surface area contributed by atoms with Crippen molar-refractivity contribution in [1.29, 1.82) is 0 Å². The molecule has 1 aromatic heterocycles. The highest BCUT2D eigenvalue weighted by atomic mass is 16.2. The normalized spacial score (nSPS) is 27.9. The molecule has 1 N–H and O–H groups in total. The van der Waals surface area contributed by atoms with E-state index in [2.05, 4.69) is 27.4 Å². The summed E-state index contributed by atoms with van der Waals surface area (Å²) < 4.78 is 1.66. The number of tetrazole rings is 1. The van der Waals surface area contributed by atoms with Crippen LogP contribution in [0.5, 0.6) is 0 Å². The summed E-state index contributed by atoms with van der Waals surface area (Å²) in [5, 5.41) is 14.6. The fourth-order valence-corrected chi connectivity index (χ4v) is 4.72. The molecule has 0 spiro atoms. The Kier molecular flexibility index (Phi) is 4.50. The maximum Gasteiger partial charge on any atom is 0.250 e. The van der Waals surface area contributed by atoms with Gasteiger partial charge in [0.05, 0.1) is 6.04 Å². The molecule has 0 bridgehead atoms. The van der Waals surface area contributed by atoms with E-state index in [9.17, 15) is 9.59 Å². The molecule has 0 aromatic carbocycles. The predicted octanol–water partition coefficient (Wildman–Crippen LogP) is 0.872. The lowest BCUT2D eigenvalue weighted by Gasteiger charge is -2.38. The second kappa shape index (κ2) is 6.81. The summed E-state index contributed by atoms with van der Waals surface area (Å²) in [6.07, 6.45) is 9.92. The van der Waals surface area contributed by atoms with Crippen molar-refractivity contribution >= 4 is 11.8 Å². The quantitative estimate of drug-likeness (QED) is 0.789. The van der Waals surface area contributed by atoms with Gasteiger partial charge >= 0.3 is 0 Å². The van der Waals surface area contributed by atoms with Crippen molar-refractivity contribution in [1.82, 2.24) is 30.4 Å². The fraction of sp³-hybridized carbons (Fsp3) is 0.722. The molecule has 8 nitrogen and oxygen atoms in total. The van der Waals surface area contributed by atoms with Crippen LogP contribution in [0.3, 0.4) is 0 Å². The van der Waals surface area contributed by atoms with Crippen LogP contribution >= 0.6 is 0 Å². The smallest absolute Gasteiger partial charge is 0.250 e. The number of rotatable bonds is 5. The van der Waals surface area contributed by atoms with Gasteiger partial charge in [-0.1, -0.05) is 25.8 Å². The van der Waals surface area contributed by atoms with Gasteiger partial charge in [0, 0.05) is 19.0 Å². The molecule has 1 saturated heterocycles. The van der Waals surface area contributed by atoms with Gasteiger partial charge in [-0.3, -0.25) is 9.59 Å². The Morgan fingerprint density at radius 1 is 1.19 bits per heavy atom. The monoisotopic (exact) mass is 358 g/mol. The molecule has 0 radical (unpaired) electrons. The largest absolute Gasteiger partial charge is 0.348 e. The van der Waals surface area contributed by atoms with E-state index in [1.54, 1.807) is 11.0 Å². The van der Waals surface area contributed by atoms with Gasteiger partial charge in [-0.25, -0.2) is 4.68 Å². The van der Waals surface area contributed by atoms with Gasteiger partial charge in [0.25, 0.3) is 5.91 Å². The van der Waals surface area contributed by atoms with Crippen LogP contribution in [-0.2, 0) is 15.1 Å². The van der Waals surface area contributed by atoms with Crippen LogP contribution in [0.2, 0.25) is 0 Å². The highest BCUT2D eigenvalue weighted by Crippen LogP contribution is 2.43.